The molecule has 26 heavy (non-hydrogen) atoms. The predicted molar refractivity (Wildman–Crippen MR) is 80.1 cm³/mol. The van der Waals surface area contributed by atoms with E-state index < -0.39 is 47.8 Å². The highest BCUT2D eigenvalue weighted by atomic mass is 19.4. The molecule has 0 saturated heterocycles. The van der Waals surface area contributed by atoms with Gasteiger partial charge in [-0.15, -0.1) is 0 Å². The summed E-state index contributed by atoms with van der Waals surface area (Å²) in [4.78, 5) is 23.3. The maximum Gasteiger partial charge on any atom is 0.434 e. The second-order valence-corrected chi connectivity index (χ2v) is 7.19. The van der Waals surface area contributed by atoms with Gasteiger partial charge in [0, 0.05) is 6.42 Å². The first-order valence-electron chi connectivity index (χ1n) is 7.99. The molecule has 0 aromatic rings. The average Bonchev–Trinajstić information content (AvgIpc) is 2.41. The maximum atomic E-state index is 12.3. The number of hydrogen-bond donors (Lipinski definition) is 0. The van der Waals surface area contributed by atoms with Gasteiger partial charge in [0.1, 0.15) is 5.60 Å². The van der Waals surface area contributed by atoms with E-state index in [0.717, 1.165) is 0 Å². The molecule has 0 saturated carbocycles. The molecule has 4 nitrogen and oxygen atoms in total. The van der Waals surface area contributed by atoms with Crippen molar-refractivity contribution in [2.24, 2.45) is 5.41 Å². The Hall–Kier alpha value is -1.48. The summed E-state index contributed by atoms with van der Waals surface area (Å²) < 4.78 is 82.8. The van der Waals surface area contributed by atoms with E-state index in [0.29, 0.717) is 6.42 Å². The summed E-state index contributed by atoms with van der Waals surface area (Å²) >= 11 is 0. The smallest absolute Gasteiger partial charge is 0.434 e. The van der Waals surface area contributed by atoms with E-state index in [4.69, 9.17) is 4.74 Å². The van der Waals surface area contributed by atoms with Gasteiger partial charge in [0.25, 0.3) is 6.10 Å². The van der Waals surface area contributed by atoms with Gasteiger partial charge in [0.2, 0.25) is 0 Å². The Morgan fingerprint density at radius 3 is 1.77 bits per heavy atom. The van der Waals surface area contributed by atoms with Crippen LogP contribution in [0.1, 0.15) is 60.3 Å². The third kappa shape index (κ3) is 8.27. The zero-order chi connectivity index (χ0) is 21.0. The van der Waals surface area contributed by atoms with Crippen molar-refractivity contribution in [1.82, 2.24) is 0 Å². The molecular formula is C16H24F6O4. The number of rotatable bonds is 8. The third-order valence-corrected chi connectivity index (χ3v) is 3.81. The van der Waals surface area contributed by atoms with Crippen LogP contribution in [-0.4, -0.2) is 36.0 Å². The van der Waals surface area contributed by atoms with E-state index in [1.54, 1.807) is 20.8 Å². The minimum absolute atomic E-state index is 0.0658. The first kappa shape index (κ1) is 24.5. The Morgan fingerprint density at radius 1 is 0.923 bits per heavy atom. The summed E-state index contributed by atoms with van der Waals surface area (Å²) in [5.41, 5.74) is -1.76. The molecule has 0 bridgehead atoms. The molecule has 0 N–H and O–H groups in total. The van der Waals surface area contributed by atoms with Crippen molar-refractivity contribution >= 4 is 11.9 Å². The highest BCUT2D eigenvalue weighted by Gasteiger charge is 2.59. The largest absolute Gasteiger partial charge is 0.459 e. The molecule has 0 fully saturated rings. The zero-order valence-electron chi connectivity index (χ0n) is 15.3. The van der Waals surface area contributed by atoms with Crippen molar-refractivity contribution in [3.05, 3.63) is 0 Å². The lowest BCUT2D eigenvalue weighted by molar-refractivity contribution is -0.313. The van der Waals surface area contributed by atoms with Gasteiger partial charge < -0.3 is 9.47 Å². The molecule has 0 spiro atoms. The fourth-order valence-electron chi connectivity index (χ4n) is 1.75. The van der Waals surface area contributed by atoms with E-state index in [2.05, 4.69) is 4.74 Å². The maximum absolute atomic E-state index is 12.3. The highest BCUT2D eigenvalue weighted by molar-refractivity contribution is 5.76. The first-order valence-corrected chi connectivity index (χ1v) is 7.99. The Kier molecular flexibility index (Phi) is 7.99. The standard InChI is InChI=1S/C16H24F6O4/c1-6-13(2,3)12(24)26-14(4,5)9-7-8-10(23)25-11(15(17,18)19)16(20,21)22/h11H,6-9H2,1-5H3. The summed E-state index contributed by atoms with van der Waals surface area (Å²) in [5.74, 6) is -2.11. The predicted octanol–water partition coefficient (Wildman–Crippen LogP) is 4.95. The quantitative estimate of drug-likeness (QED) is 0.432. The van der Waals surface area contributed by atoms with Crippen LogP contribution in [0.4, 0.5) is 26.3 Å². The van der Waals surface area contributed by atoms with Gasteiger partial charge in [-0.3, -0.25) is 9.59 Å². The molecule has 0 aromatic heterocycles. The van der Waals surface area contributed by atoms with E-state index in [9.17, 15) is 35.9 Å². The van der Waals surface area contributed by atoms with Gasteiger partial charge in [0.05, 0.1) is 5.41 Å². The van der Waals surface area contributed by atoms with Crippen LogP contribution in [0.15, 0.2) is 0 Å². The SMILES string of the molecule is CCC(C)(C)C(=O)OC(C)(C)CCCC(=O)OC(C(F)(F)F)C(F)(F)F. The number of hydrogen-bond acceptors (Lipinski definition) is 4. The number of alkyl halides is 6. The monoisotopic (exact) mass is 394 g/mol. The summed E-state index contributed by atoms with van der Waals surface area (Å²) in [7, 11) is 0. The van der Waals surface area contributed by atoms with Gasteiger partial charge in [-0.2, -0.15) is 26.3 Å². The minimum Gasteiger partial charge on any atom is -0.459 e. The average molecular weight is 394 g/mol. The number of carbonyl (C=O) groups excluding carboxylic acids is 2. The lowest BCUT2D eigenvalue weighted by atomic mass is 9.90. The van der Waals surface area contributed by atoms with Crippen molar-refractivity contribution in [3.63, 3.8) is 0 Å². The summed E-state index contributed by atoms with van der Waals surface area (Å²) in [6, 6.07) is 0. The van der Waals surface area contributed by atoms with Crippen molar-refractivity contribution in [2.45, 2.75) is 84.4 Å². The number of ether oxygens (including phenoxy) is 2. The first-order chi connectivity index (χ1) is 11.4. The van der Waals surface area contributed by atoms with E-state index >= 15 is 0 Å². The normalized spacial score (nSPS) is 13.7. The number of esters is 2. The molecule has 0 atom stereocenters. The van der Waals surface area contributed by atoms with Gasteiger partial charge in [-0.05, 0) is 47.0 Å². The molecule has 0 amide bonds. The molecule has 0 heterocycles. The molecule has 0 unspecified atom stereocenters. The van der Waals surface area contributed by atoms with Crippen LogP contribution in [-0.2, 0) is 19.1 Å². The van der Waals surface area contributed by atoms with Gasteiger partial charge in [0.15, 0.2) is 0 Å². The van der Waals surface area contributed by atoms with Crippen molar-refractivity contribution in [2.75, 3.05) is 0 Å². The molecular weight excluding hydrogens is 370 g/mol. The lowest BCUT2D eigenvalue weighted by Gasteiger charge is -2.30. The molecule has 0 aliphatic heterocycles. The summed E-state index contributed by atoms with van der Waals surface area (Å²) in [6.07, 6.45) is -15.8. The highest BCUT2D eigenvalue weighted by Crippen LogP contribution is 2.36. The molecule has 10 heteroatoms. The van der Waals surface area contributed by atoms with E-state index in [1.807, 2.05) is 0 Å². The van der Waals surface area contributed by atoms with Gasteiger partial charge in [-0.25, -0.2) is 0 Å². The third-order valence-electron chi connectivity index (χ3n) is 3.81. The van der Waals surface area contributed by atoms with Crippen LogP contribution in [0.5, 0.6) is 0 Å². The molecule has 0 rings (SSSR count). The Bertz CT molecular complexity index is 480. The van der Waals surface area contributed by atoms with Gasteiger partial charge in [-0.1, -0.05) is 6.92 Å². The molecule has 0 aliphatic carbocycles. The summed E-state index contributed by atoms with van der Waals surface area (Å²) in [6.45, 7) is 8.22. The molecule has 154 valence electrons. The van der Waals surface area contributed by atoms with E-state index in [-0.39, 0.29) is 12.8 Å². The van der Waals surface area contributed by atoms with Crippen LogP contribution in [0.25, 0.3) is 0 Å². The fraction of sp³-hybridized carbons (Fsp3) is 0.875. The number of carbonyl (C=O) groups is 2. The molecule has 0 radical (unpaired) electrons. The molecule has 0 aromatic carbocycles. The topological polar surface area (TPSA) is 52.6 Å². The number of halogens is 6. The summed E-state index contributed by atoms with van der Waals surface area (Å²) in [5, 5.41) is 0. The van der Waals surface area contributed by atoms with Crippen LogP contribution in [0, 0.1) is 5.41 Å². The van der Waals surface area contributed by atoms with Crippen molar-refractivity contribution < 1.29 is 45.4 Å². The van der Waals surface area contributed by atoms with Gasteiger partial charge >= 0.3 is 24.3 Å². The Morgan fingerprint density at radius 2 is 1.38 bits per heavy atom. The van der Waals surface area contributed by atoms with E-state index in [1.165, 1.54) is 13.8 Å². The Labute approximate surface area is 148 Å². The Balaban J connectivity index is 4.62. The van der Waals surface area contributed by atoms with Crippen molar-refractivity contribution in [3.8, 4) is 0 Å². The van der Waals surface area contributed by atoms with Crippen molar-refractivity contribution in [1.29, 1.82) is 0 Å². The fourth-order valence-corrected chi connectivity index (χ4v) is 1.75. The zero-order valence-corrected chi connectivity index (χ0v) is 15.3. The lowest BCUT2D eigenvalue weighted by Crippen LogP contribution is -2.45. The van der Waals surface area contributed by atoms with Crippen LogP contribution < -0.4 is 0 Å². The van der Waals surface area contributed by atoms with Crippen LogP contribution in [0.3, 0.4) is 0 Å². The van der Waals surface area contributed by atoms with Crippen LogP contribution >= 0.6 is 0 Å². The van der Waals surface area contributed by atoms with Crippen LogP contribution in [0.2, 0.25) is 0 Å². The molecule has 0 aliphatic rings. The minimum atomic E-state index is -5.74. The second-order valence-electron chi connectivity index (χ2n) is 7.19. The second kappa shape index (κ2) is 8.47.